The fourth-order valence-electron chi connectivity index (χ4n) is 1.92. The van der Waals surface area contributed by atoms with Crippen LogP contribution < -0.4 is 4.72 Å². The largest absolute Gasteiger partial charge is 0.463 e. The van der Waals surface area contributed by atoms with Crippen LogP contribution >= 0.6 is 0 Å². The molecule has 0 aromatic carbocycles. The molecule has 0 spiro atoms. The van der Waals surface area contributed by atoms with E-state index in [9.17, 15) is 13.2 Å². The maximum atomic E-state index is 12.1. The molecule has 0 bridgehead atoms. The van der Waals surface area contributed by atoms with E-state index in [0.717, 1.165) is 11.3 Å². The van der Waals surface area contributed by atoms with E-state index < -0.39 is 16.0 Å². The molecule has 0 saturated heterocycles. The summed E-state index contributed by atoms with van der Waals surface area (Å²) in [5.41, 5.74) is 1.58. The summed E-state index contributed by atoms with van der Waals surface area (Å²) in [6.07, 6.45) is 0.435. The Morgan fingerprint density at radius 3 is 2.68 bits per heavy atom. The molecule has 2 rings (SSSR count). The highest BCUT2D eigenvalue weighted by Gasteiger charge is 2.21. The fraction of sp³-hybridized carbons (Fsp3) is 0.385. The summed E-state index contributed by atoms with van der Waals surface area (Å²) in [7, 11) is -2.65. The van der Waals surface area contributed by atoms with E-state index >= 15 is 0 Å². The molecule has 0 aliphatic rings. The van der Waals surface area contributed by atoms with Crippen molar-refractivity contribution in [3.05, 3.63) is 34.9 Å². The van der Waals surface area contributed by atoms with E-state index in [1.54, 1.807) is 13.8 Å². The van der Waals surface area contributed by atoms with Gasteiger partial charge in [0.15, 0.2) is 0 Å². The van der Waals surface area contributed by atoms with Crippen LogP contribution in [0, 0.1) is 13.8 Å². The zero-order chi connectivity index (χ0) is 16.3. The number of hydrogen-bond acceptors (Lipinski definition) is 7. The number of aromatic nitrogens is 1. The smallest absolute Gasteiger partial charge is 0.374 e. The van der Waals surface area contributed by atoms with Crippen LogP contribution in [-0.2, 0) is 21.2 Å². The second-order valence-electron chi connectivity index (χ2n) is 4.56. The summed E-state index contributed by atoms with van der Waals surface area (Å²) in [4.78, 5) is 11.2. The third-order valence-electron chi connectivity index (χ3n) is 3.08. The van der Waals surface area contributed by atoms with Crippen molar-refractivity contribution in [3.63, 3.8) is 0 Å². The molecular formula is C13H16N2O6S. The summed E-state index contributed by atoms with van der Waals surface area (Å²) < 4.78 is 41.0. The predicted molar refractivity (Wildman–Crippen MR) is 74.9 cm³/mol. The second-order valence-corrected chi connectivity index (χ2v) is 6.26. The topological polar surface area (TPSA) is 112 Å². The number of furan rings is 1. The standard InChI is InChI=1S/C13H16N2O6S/c1-8-10(9(2)21-15-8)6-7-14-22(17,18)12-5-4-11(20-12)13(16)19-3/h4-5,14H,6-7H2,1-3H3. The number of nitrogens with zero attached hydrogens (tertiary/aromatic N) is 1. The first-order valence-electron chi connectivity index (χ1n) is 6.44. The van der Waals surface area contributed by atoms with E-state index in [-0.39, 0.29) is 17.4 Å². The normalized spacial score (nSPS) is 11.6. The predicted octanol–water partition coefficient (Wildman–Crippen LogP) is 1.19. The third kappa shape index (κ3) is 3.37. The van der Waals surface area contributed by atoms with Crippen molar-refractivity contribution >= 4 is 16.0 Å². The molecule has 22 heavy (non-hydrogen) atoms. The molecule has 1 N–H and O–H groups in total. The summed E-state index contributed by atoms with van der Waals surface area (Å²) in [6, 6.07) is 2.44. The van der Waals surface area contributed by atoms with E-state index in [0.29, 0.717) is 12.2 Å². The quantitative estimate of drug-likeness (QED) is 0.793. The number of methoxy groups -OCH3 is 1. The number of rotatable bonds is 6. The van der Waals surface area contributed by atoms with Crippen LogP contribution in [0.4, 0.5) is 0 Å². The summed E-state index contributed by atoms with van der Waals surface area (Å²) in [6.45, 7) is 3.70. The van der Waals surface area contributed by atoms with Gasteiger partial charge in [0.2, 0.25) is 10.9 Å². The Balaban J connectivity index is 2.02. The lowest BCUT2D eigenvalue weighted by molar-refractivity contribution is 0.0559. The van der Waals surface area contributed by atoms with Gasteiger partial charge in [-0.3, -0.25) is 0 Å². The molecule has 0 amide bonds. The van der Waals surface area contributed by atoms with Crippen molar-refractivity contribution < 1.29 is 26.9 Å². The Bertz CT molecular complexity index is 755. The molecular weight excluding hydrogens is 312 g/mol. The highest BCUT2D eigenvalue weighted by Crippen LogP contribution is 2.15. The van der Waals surface area contributed by atoms with Gasteiger partial charge in [0.1, 0.15) is 5.76 Å². The molecule has 120 valence electrons. The van der Waals surface area contributed by atoms with Crippen LogP contribution in [0.15, 0.2) is 26.2 Å². The number of nitrogens with one attached hydrogen (secondary N) is 1. The van der Waals surface area contributed by atoms with Crippen molar-refractivity contribution in [2.75, 3.05) is 13.7 Å². The molecule has 8 nitrogen and oxygen atoms in total. The number of aryl methyl sites for hydroxylation is 2. The minimum absolute atomic E-state index is 0.152. The number of ether oxygens (including phenoxy) is 1. The van der Waals surface area contributed by atoms with Gasteiger partial charge >= 0.3 is 5.97 Å². The van der Waals surface area contributed by atoms with Gasteiger partial charge in [0, 0.05) is 12.1 Å². The van der Waals surface area contributed by atoms with Gasteiger partial charge in [0.05, 0.1) is 12.8 Å². The second kappa shape index (κ2) is 6.32. The Morgan fingerprint density at radius 2 is 2.09 bits per heavy atom. The molecule has 0 aliphatic carbocycles. The number of hydrogen-bond donors (Lipinski definition) is 1. The first-order chi connectivity index (χ1) is 10.3. The van der Waals surface area contributed by atoms with E-state index in [1.807, 2.05) is 0 Å². The number of sulfonamides is 1. The lowest BCUT2D eigenvalue weighted by atomic mass is 10.1. The molecule has 0 fully saturated rings. The molecule has 0 atom stereocenters. The van der Waals surface area contributed by atoms with Crippen LogP contribution in [0.3, 0.4) is 0 Å². The highest BCUT2D eigenvalue weighted by atomic mass is 32.2. The maximum absolute atomic E-state index is 12.1. The van der Waals surface area contributed by atoms with Gasteiger partial charge in [-0.25, -0.2) is 17.9 Å². The summed E-state index contributed by atoms with van der Waals surface area (Å²) >= 11 is 0. The Hall–Kier alpha value is -2.13. The summed E-state index contributed by atoms with van der Waals surface area (Å²) in [5, 5.41) is 3.46. The lowest BCUT2D eigenvalue weighted by Crippen LogP contribution is -2.25. The van der Waals surface area contributed by atoms with Gasteiger partial charge < -0.3 is 13.7 Å². The molecule has 0 unspecified atom stereocenters. The minimum Gasteiger partial charge on any atom is -0.463 e. The maximum Gasteiger partial charge on any atom is 0.374 e. The lowest BCUT2D eigenvalue weighted by Gasteiger charge is -2.04. The van der Waals surface area contributed by atoms with Crippen molar-refractivity contribution in [1.29, 1.82) is 0 Å². The van der Waals surface area contributed by atoms with Crippen LogP contribution in [0.5, 0.6) is 0 Å². The zero-order valence-corrected chi connectivity index (χ0v) is 13.2. The molecule has 2 aromatic rings. The molecule has 2 heterocycles. The van der Waals surface area contributed by atoms with E-state index in [1.165, 1.54) is 19.2 Å². The van der Waals surface area contributed by atoms with Crippen molar-refractivity contribution in [1.82, 2.24) is 9.88 Å². The van der Waals surface area contributed by atoms with Crippen molar-refractivity contribution in [2.24, 2.45) is 0 Å². The van der Waals surface area contributed by atoms with Crippen LogP contribution in [0.25, 0.3) is 0 Å². The fourth-order valence-corrected chi connectivity index (χ4v) is 2.87. The molecule has 0 saturated carbocycles. The first-order valence-corrected chi connectivity index (χ1v) is 7.93. The molecule has 0 radical (unpaired) electrons. The summed E-state index contributed by atoms with van der Waals surface area (Å²) in [5.74, 6) is -0.256. The van der Waals surface area contributed by atoms with Gasteiger partial charge in [-0.05, 0) is 32.4 Å². The minimum atomic E-state index is -3.84. The molecule has 9 heteroatoms. The van der Waals surface area contributed by atoms with Gasteiger partial charge in [-0.1, -0.05) is 5.16 Å². The Labute approximate surface area is 127 Å². The molecule has 0 aliphatic heterocycles. The SMILES string of the molecule is COC(=O)c1ccc(S(=O)(=O)NCCc2c(C)noc2C)o1. The van der Waals surface area contributed by atoms with E-state index in [4.69, 9.17) is 8.94 Å². The number of carbonyl (C=O) groups excluding carboxylic acids is 1. The van der Waals surface area contributed by atoms with Crippen molar-refractivity contribution in [2.45, 2.75) is 25.4 Å². The number of esters is 1. The average Bonchev–Trinajstić information content (AvgIpc) is 3.08. The van der Waals surface area contributed by atoms with E-state index in [2.05, 4.69) is 14.6 Å². The highest BCUT2D eigenvalue weighted by molar-refractivity contribution is 7.89. The van der Waals surface area contributed by atoms with Crippen LogP contribution in [-0.4, -0.2) is 33.2 Å². The van der Waals surface area contributed by atoms with Crippen molar-refractivity contribution in [3.8, 4) is 0 Å². The zero-order valence-electron chi connectivity index (χ0n) is 12.4. The van der Waals surface area contributed by atoms with Gasteiger partial charge in [0.25, 0.3) is 10.0 Å². The van der Waals surface area contributed by atoms with Gasteiger partial charge in [-0.2, -0.15) is 0 Å². The number of carbonyl (C=O) groups is 1. The Morgan fingerprint density at radius 1 is 1.36 bits per heavy atom. The average molecular weight is 328 g/mol. The first kappa shape index (κ1) is 16.2. The van der Waals surface area contributed by atoms with Gasteiger partial charge in [-0.15, -0.1) is 0 Å². The van der Waals surface area contributed by atoms with Crippen LogP contribution in [0.2, 0.25) is 0 Å². The monoisotopic (exact) mass is 328 g/mol. The third-order valence-corrected chi connectivity index (χ3v) is 4.41. The molecule has 2 aromatic heterocycles. The van der Waals surface area contributed by atoms with Crippen LogP contribution in [0.1, 0.15) is 27.6 Å². The Kier molecular flexibility index (Phi) is 4.67.